The third-order valence-electron chi connectivity index (χ3n) is 8.45. The van der Waals surface area contributed by atoms with Crippen LogP contribution >= 0.6 is 0 Å². The fourth-order valence-corrected chi connectivity index (χ4v) is 7.13. The molecule has 5 heteroatoms. The van der Waals surface area contributed by atoms with Crippen LogP contribution < -0.4 is 4.74 Å². The topological polar surface area (TPSA) is 69.9 Å². The van der Waals surface area contributed by atoms with Crippen molar-refractivity contribution in [3.8, 4) is 11.5 Å². The zero-order valence-corrected chi connectivity index (χ0v) is 15.3. The Morgan fingerprint density at radius 2 is 2.04 bits per heavy atom. The Labute approximate surface area is 153 Å². The van der Waals surface area contributed by atoms with E-state index in [0.29, 0.717) is 18.6 Å². The minimum Gasteiger partial charge on any atom is -0.504 e. The van der Waals surface area contributed by atoms with Crippen LogP contribution in [0, 0.1) is 5.92 Å². The number of nitrogens with zero attached hydrogens (tertiary/aromatic N) is 1. The number of phenolic OH excluding ortho intramolecular Hbond substituents is 1. The largest absolute Gasteiger partial charge is 0.504 e. The number of hydrogen-bond acceptors (Lipinski definition) is 4. The highest BCUT2D eigenvalue weighted by Crippen LogP contribution is 2.66. The Bertz CT molecular complexity index is 807. The number of aliphatic hydroxyl groups is 2. The van der Waals surface area contributed by atoms with Crippen LogP contribution in [0.15, 0.2) is 12.1 Å². The van der Waals surface area contributed by atoms with Gasteiger partial charge < -0.3 is 24.5 Å². The smallest absolute Gasteiger partial charge is 0.165 e. The van der Waals surface area contributed by atoms with Gasteiger partial charge in [0.25, 0.3) is 0 Å². The van der Waals surface area contributed by atoms with Gasteiger partial charge in [0.1, 0.15) is 17.7 Å². The molecule has 3 fully saturated rings. The summed E-state index contributed by atoms with van der Waals surface area (Å²) in [4.78, 5) is 0. The van der Waals surface area contributed by atoms with Gasteiger partial charge in [0, 0.05) is 24.3 Å². The van der Waals surface area contributed by atoms with E-state index >= 15 is 0 Å². The van der Waals surface area contributed by atoms with Crippen molar-refractivity contribution >= 4 is 0 Å². The molecule has 1 aromatic rings. The van der Waals surface area contributed by atoms with Crippen LogP contribution in [0.25, 0.3) is 0 Å². The first-order valence-corrected chi connectivity index (χ1v) is 10.2. The molecule has 3 N–H and O–H groups in total. The second kappa shape index (κ2) is 4.57. The van der Waals surface area contributed by atoms with Gasteiger partial charge in [0.2, 0.25) is 0 Å². The molecule has 0 radical (unpaired) electrons. The van der Waals surface area contributed by atoms with E-state index in [0.717, 1.165) is 41.9 Å². The number of rotatable bonds is 2. The van der Waals surface area contributed by atoms with E-state index in [2.05, 4.69) is 7.05 Å². The predicted octanol–water partition coefficient (Wildman–Crippen LogP) is 1.46. The molecule has 3 aliphatic carbocycles. The van der Waals surface area contributed by atoms with Gasteiger partial charge in [-0.05, 0) is 37.3 Å². The number of aliphatic hydroxyl groups excluding tert-OH is 1. The van der Waals surface area contributed by atoms with Crippen molar-refractivity contribution in [3.63, 3.8) is 0 Å². The number of phenols is 1. The highest BCUT2D eigenvalue weighted by atomic mass is 16.5. The van der Waals surface area contributed by atoms with Gasteiger partial charge >= 0.3 is 0 Å². The van der Waals surface area contributed by atoms with E-state index < -0.39 is 23.2 Å². The molecule has 6 atom stereocenters. The maximum absolute atomic E-state index is 12.2. The normalized spacial score (nSPS) is 48.0. The zero-order chi connectivity index (χ0) is 17.9. The van der Waals surface area contributed by atoms with Crippen molar-refractivity contribution in [3.05, 3.63) is 23.3 Å². The van der Waals surface area contributed by atoms with Crippen LogP contribution in [0.3, 0.4) is 0 Å². The van der Waals surface area contributed by atoms with Gasteiger partial charge in [-0.3, -0.25) is 0 Å². The fraction of sp³-hybridized carbons (Fsp3) is 0.714. The van der Waals surface area contributed by atoms with Gasteiger partial charge in [-0.15, -0.1) is 0 Å². The number of piperidine rings is 1. The Morgan fingerprint density at radius 1 is 1.23 bits per heavy atom. The third kappa shape index (κ3) is 1.60. The molecule has 2 aliphatic heterocycles. The number of quaternary nitrogens is 1. The predicted molar refractivity (Wildman–Crippen MR) is 95.1 cm³/mol. The first-order chi connectivity index (χ1) is 12.4. The molecule has 140 valence electrons. The Hall–Kier alpha value is -1.30. The molecule has 5 nitrogen and oxygen atoms in total. The quantitative estimate of drug-likeness (QED) is 0.700. The molecule has 1 aromatic carbocycles. The minimum atomic E-state index is -0.870. The van der Waals surface area contributed by atoms with Gasteiger partial charge in [0.15, 0.2) is 11.5 Å². The van der Waals surface area contributed by atoms with E-state index in [1.165, 1.54) is 18.4 Å². The SMILES string of the molecule is C[N+]1(CC2CC2)CCC23c4c5ccc(O)c4O[C@H]2[C@@H](O)CC[C@@]3(O)C1C5. The van der Waals surface area contributed by atoms with E-state index in [9.17, 15) is 15.3 Å². The van der Waals surface area contributed by atoms with Crippen LogP contribution in [0.2, 0.25) is 0 Å². The van der Waals surface area contributed by atoms with Gasteiger partial charge in [-0.2, -0.15) is 0 Å². The van der Waals surface area contributed by atoms with E-state index in [1.54, 1.807) is 6.07 Å². The molecule has 1 spiro atoms. The maximum atomic E-state index is 12.2. The standard InChI is InChI=1S/C21H27NO4/c1-22(11-12-2-3-12)9-8-20-17-13-4-5-14(23)18(17)26-19(20)15(24)6-7-21(20,25)16(22)10-13/h4-5,12,15-16,19,24-25H,2-3,6-11H2,1H3/p+1/t15-,16?,19-,20?,21+,22?/m0/s1. The van der Waals surface area contributed by atoms with Crippen molar-refractivity contribution in [2.75, 3.05) is 20.1 Å². The highest BCUT2D eigenvalue weighted by molar-refractivity contribution is 5.62. The molecule has 2 bridgehead atoms. The number of hydrogen-bond donors (Lipinski definition) is 3. The summed E-state index contributed by atoms with van der Waals surface area (Å²) in [6.45, 7) is 2.15. The van der Waals surface area contributed by atoms with Crippen LogP contribution in [-0.2, 0) is 11.8 Å². The van der Waals surface area contributed by atoms with Crippen LogP contribution in [0.1, 0.15) is 43.2 Å². The second-order valence-electron chi connectivity index (χ2n) is 9.79. The van der Waals surface area contributed by atoms with E-state index in [-0.39, 0.29) is 11.8 Å². The second-order valence-corrected chi connectivity index (χ2v) is 9.79. The third-order valence-corrected chi connectivity index (χ3v) is 8.45. The van der Waals surface area contributed by atoms with Gasteiger partial charge in [0.05, 0.1) is 31.7 Å². The van der Waals surface area contributed by atoms with Crippen molar-refractivity contribution in [1.82, 2.24) is 0 Å². The lowest BCUT2D eigenvalue weighted by molar-refractivity contribution is -0.950. The van der Waals surface area contributed by atoms with Crippen molar-refractivity contribution in [2.45, 2.75) is 67.8 Å². The van der Waals surface area contributed by atoms with Crippen molar-refractivity contribution in [2.24, 2.45) is 5.92 Å². The number of aromatic hydroxyl groups is 1. The summed E-state index contributed by atoms with van der Waals surface area (Å²) < 4.78 is 7.11. The number of ether oxygens (including phenoxy) is 1. The number of likely N-dealkylation sites (N-methyl/N-ethyl adjacent to an activating group) is 1. The fourth-order valence-electron chi connectivity index (χ4n) is 7.13. The molecule has 6 rings (SSSR count). The highest BCUT2D eigenvalue weighted by Gasteiger charge is 2.76. The van der Waals surface area contributed by atoms with Crippen LogP contribution in [-0.4, -0.2) is 63.8 Å². The molecule has 5 aliphatic rings. The summed E-state index contributed by atoms with van der Waals surface area (Å²) in [5.74, 6) is 1.46. The van der Waals surface area contributed by atoms with Gasteiger partial charge in [-0.1, -0.05) is 6.07 Å². The van der Waals surface area contributed by atoms with E-state index in [1.807, 2.05) is 6.07 Å². The molecular formula is C21H28NO4+. The van der Waals surface area contributed by atoms with E-state index in [4.69, 9.17) is 4.74 Å². The first kappa shape index (κ1) is 15.7. The molecular weight excluding hydrogens is 330 g/mol. The zero-order valence-electron chi connectivity index (χ0n) is 15.3. The monoisotopic (exact) mass is 358 g/mol. The summed E-state index contributed by atoms with van der Waals surface area (Å²) in [5.41, 5.74) is 0.755. The molecule has 0 amide bonds. The van der Waals surface area contributed by atoms with Gasteiger partial charge in [-0.25, -0.2) is 0 Å². The molecule has 0 aromatic heterocycles. The molecule has 1 saturated heterocycles. The number of likely N-dealkylation sites (tertiary alicyclic amines) is 1. The van der Waals surface area contributed by atoms with Crippen LogP contribution in [0.5, 0.6) is 11.5 Å². The maximum Gasteiger partial charge on any atom is 0.165 e. The molecule has 26 heavy (non-hydrogen) atoms. The summed E-state index contributed by atoms with van der Waals surface area (Å²) in [7, 11) is 2.33. The summed E-state index contributed by atoms with van der Waals surface area (Å²) in [5, 5.41) is 33.4. The van der Waals surface area contributed by atoms with Crippen molar-refractivity contribution < 1.29 is 24.5 Å². The Kier molecular flexibility index (Phi) is 2.76. The lowest BCUT2D eigenvalue weighted by Gasteiger charge is -2.65. The average Bonchev–Trinajstić information content (AvgIpc) is 3.32. The van der Waals surface area contributed by atoms with Crippen LogP contribution in [0.4, 0.5) is 0 Å². The Balaban J connectivity index is 1.59. The summed E-state index contributed by atoms with van der Waals surface area (Å²) in [6, 6.07) is 3.88. The first-order valence-electron chi connectivity index (χ1n) is 10.2. The summed E-state index contributed by atoms with van der Waals surface area (Å²) >= 11 is 0. The lowest BCUT2D eigenvalue weighted by atomic mass is 9.48. The molecule has 2 heterocycles. The molecule has 2 saturated carbocycles. The Morgan fingerprint density at radius 3 is 2.81 bits per heavy atom. The summed E-state index contributed by atoms with van der Waals surface area (Å²) in [6.07, 6.45) is 4.44. The molecule has 3 unspecified atom stereocenters. The average molecular weight is 358 g/mol. The number of benzene rings is 1. The van der Waals surface area contributed by atoms with Crippen molar-refractivity contribution in [1.29, 1.82) is 0 Å². The minimum absolute atomic E-state index is 0.137. The lowest BCUT2D eigenvalue weighted by Crippen LogP contribution is -2.81.